The summed E-state index contributed by atoms with van der Waals surface area (Å²) in [5, 5.41) is 107. The molecule has 0 spiro atoms. The van der Waals surface area contributed by atoms with Crippen LogP contribution in [0.2, 0.25) is 0 Å². The van der Waals surface area contributed by atoms with Crippen molar-refractivity contribution < 1.29 is 116 Å². The zero-order valence-electron chi connectivity index (χ0n) is 67.0. The minimum Gasteiger partial charge on any atom is -0.393 e. The van der Waals surface area contributed by atoms with E-state index in [1.165, 1.54) is 103 Å². The van der Waals surface area contributed by atoms with E-state index in [2.05, 4.69) is 88.6 Å². The molecule has 23 N–H and O–H groups in total. The highest BCUT2D eigenvalue weighted by molar-refractivity contribution is 7.80. The van der Waals surface area contributed by atoms with Crippen LogP contribution in [0, 0.1) is 5.92 Å². The molecule has 120 heavy (non-hydrogen) atoms. The van der Waals surface area contributed by atoms with E-state index >= 15 is 0 Å². The Bertz CT molecular complexity index is 4180. The zero-order valence-corrected chi connectivity index (χ0v) is 67.9. The molecule has 7 fully saturated rings. The number of unbranched alkanes of at least 4 members (excludes halogenated alkanes) is 1. The lowest BCUT2D eigenvalue weighted by molar-refractivity contribution is -0.245. The molecule has 13 rings (SSSR count). The van der Waals surface area contributed by atoms with Gasteiger partial charge in [0, 0.05) is 37.2 Å². The number of aliphatic hydroxyl groups excluding tert-OH is 11. The molecular formula is C77H112F6N18O18S. The monoisotopic (exact) mass is 1720 g/mol. The van der Waals surface area contributed by atoms with Crippen molar-refractivity contribution in [3.63, 3.8) is 0 Å². The van der Waals surface area contributed by atoms with Crippen LogP contribution in [0.15, 0.2) is 202 Å². The minimum atomic E-state index is -1.75. The van der Waals surface area contributed by atoms with E-state index in [0.29, 0.717) is 35.8 Å². The summed E-state index contributed by atoms with van der Waals surface area (Å²) in [5.41, 5.74) is 25.5. The van der Waals surface area contributed by atoms with Gasteiger partial charge >= 0.3 is 0 Å². The average Bonchev–Trinajstić information content (AvgIpc) is 1.57. The van der Waals surface area contributed by atoms with Gasteiger partial charge in [-0.3, -0.25) is 0 Å². The Morgan fingerprint density at radius 2 is 0.808 bits per heavy atom. The summed E-state index contributed by atoms with van der Waals surface area (Å²) in [5.74, 6) is 3.05. The minimum absolute atomic E-state index is 0.195. The lowest BCUT2D eigenvalue weighted by Gasteiger charge is -2.41. The number of hydrogen-bond acceptors (Lipinski definition) is 37. The lowest BCUT2D eigenvalue weighted by Crippen LogP contribution is -2.60. The second-order valence-corrected chi connectivity index (χ2v) is 30.4. The molecule has 0 bridgehead atoms. The van der Waals surface area contributed by atoms with E-state index in [0.717, 1.165) is 12.8 Å². The molecule has 0 radical (unpaired) electrons. The van der Waals surface area contributed by atoms with E-state index < -0.39 is 178 Å². The highest BCUT2D eigenvalue weighted by atomic mass is 32.1. The van der Waals surface area contributed by atoms with Crippen LogP contribution in [0.5, 0.6) is 0 Å². The van der Waals surface area contributed by atoms with Gasteiger partial charge in [0.1, 0.15) is 140 Å². The van der Waals surface area contributed by atoms with Crippen molar-refractivity contribution >= 4 is 47.6 Å². The number of halogens is 6. The lowest BCUT2D eigenvalue weighted by atomic mass is 9.85. The number of allylic oxidation sites excluding steroid dienone is 1. The molecule has 0 unspecified atom stereocenters. The third-order valence-corrected chi connectivity index (χ3v) is 22.1. The zero-order chi connectivity index (χ0) is 89.2. The highest BCUT2D eigenvalue weighted by Crippen LogP contribution is 2.48. The number of hydrogen-bond donors (Lipinski definition) is 18. The van der Waals surface area contributed by atoms with Crippen LogP contribution in [0.25, 0.3) is 0 Å². The van der Waals surface area contributed by atoms with Crippen molar-refractivity contribution in [2.45, 2.75) is 211 Å². The van der Waals surface area contributed by atoms with Crippen molar-refractivity contribution in [2.75, 3.05) is 52.0 Å². The maximum absolute atomic E-state index is 14.5. The van der Waals surface area contributed by atoms with Crippen LogP contribution in [0.1, 0.15) is 66.7 Å². The number of aliphatic hydroxyl groups is 11. The van der Waals surface area contributed by atoms with Gasteiger partial charge in [0.2, 0.25) is 0 Å². The number of rotatable bonds is 21. The first-order valence-corrected chi connectivity index (χ1v) is 38.7. The van der Waals surface area contributed by atoms with Crippen LogP contribution in [0.4, 0.5) is 26.3 Å². The number of nitrogens with zero attached hydrogens (tertiary/aromatic N) is 12. The number of aliphatic imine (C=N–C) groups is 6. The first-order valence-electron chi connectivity index (χ1n) is 38.1. The van der Waals surface area contributed by atoms with Crippen molar-refractivity contribution in [1.82, 2.24) is 29.4 Å². The second-order valence-electron chi connectivity index (χ2n) is 30.0. The largest absolute Gasteiger partial charge is 0.393 e. The van der Waals surface area contributed by atoms with Crippen molar-refractivity contribution in [1.29, 1.82) is 0 Å². The molecule has 13 aliphatic heterocycles. The molecule has 0 aromatic carbocycles. The van der Waals surface area contributed by atoms with Gasteiger partial charge in [-0.25, -0.2) is 56.3 Å². The van der Waals surface area contributed by atoms with Gasteiger partial charge < -0.3 is 153 Å². The summed E-state index contributed by atoms with van der Waals surface area (Å²) in [6, 6.07) is 0. The van der Waals surface area contributed by atoms with E-state index in [9.17, 15) is 82.5 Å². The van der Waals surface area contributed by atoms with Crippen molar-refractivity contribution in [2.24, 2.45) is 70.3 Å². The number of ether oxygens (including phenoxy) is 7. The molecule has 13 heterocycles. The maximum Gasteiger partial charge on any atom is 0.174 e. The highest BCUT2D eigenvalue weighted by Gasteiger charge is 2.66. The topological polar surface area (TPSA) is 537 Å². The molecule has 7 saturated heterocycles. The SMILES string of the molecule is C=C1N=C(N)C=CN1[C@@H]1O[C@@](CO)(C(=C)C)[C@@H](O)[C@H]1F.C=C1N=C(N)C=CN1[C@@H]1O[C@@](CO)(C(C)C)[C@@H](O)[C@H]1F.C=C1N=C(N)C=CN1[C@@H]1O[C@@](CO)(CCCC)[C@@H](O)[C@H]1F.C=C1N=C(N)C=CN1[C@@H]1O[C@@](CO)(CCS)[C@@H](O)[C@H]1F.C=C1N=C(N)C=CN1[C@@H]1O[C@@]2(CO)CO[C@H]2[C@H]1F.C=C1N=C(N)C=CN1[C@@H]1O[C@](/C=C/CC)(CO)[C@@H](O)[C@H]1F. The first kappa shape index (κ1) is 96.6. The normalized spacial score (nSPS) is 37.8. The van der Waals surface area contributed by atoms with Crippen LogP contribution in [0.3, 0.4) is 0 Å². The molecule has 0 amide bonds. The molecular weight excluding hydrogens is 1610 g/mol. The van der Waals surface area contributed by atoms with E-state index in [4.69, 9.17) is 67.6 Å². The fourth-order valence-electron chi connectivity index (χ4n) is 14.6. The molecule has 36 nitrogen and oxygen atoms in total. The van der Waals surface area contributed by atoms with Gasteiger partial charge in [-0.05, 0) is 79.9 Å². The van der Waals surface area contributed by atoms with Crippen LogP contribution >= 0.6 is 12.6 Å². The smallest absolute Gasteiger partial charge is 0.174 e. The van der Waals surface area contributed by atoms with Gasteiger partial charge in [-0.15, -0.1) is 0 Å². The van der Waals surface area contributed by atoms with E-state index in [1.54, 1.807) is 33.0 Å². The standard InChI is InChI=1S/C14H22FN3O3.C14H20FN3O3.C13H20FN3O3.C13H18FN3O3.C12H18FN3O3S.C11H14FN3O3/c2*1-3-4-6-14(8-19)12(20)11(15)13(21-14)18-7-5-10(16)17-9(18)2;2*1-7(2)13(6-18)11(19)10(14)12(20-13)17-5-4-9(15)16-8(17)3;1-7-15-8(14)2-4-16(7)11-9(13)10(18)12(6-17,19-11)3-5-20;1-6-14-7(13)2-3-15(6)10-8(12)9-11(4-16,18-10)5-17-9/h5,7,11-13,19-20H,2-4,6,8H2,1H3,(H2,16,17);4-7,11-13,19-20H,2-3,8H2,1H3,(H2,16,17);4-5,7,10-12,18-19H,3,6H2,1-2H3,(H2,15,16);4-5,10-12,18-19H,1,3,6H2,2H3,(H2,15,16);2,4,9-11,17-18,20H,1,3,5-6H2,(H2,14,15);2-3,8-10,16H,1,4-5H2,(H2,13,14)/b;6-4+;;;;/t2*11-,12+,13-,14-;2*10-,11+,12-,13+;9-,10+,11-,12-;8-,9+,10-,11+/m111111/s1. The maximum atomic E-state index is 14.5. The van der Waals surface area contributed by atoms with Crippen molar-refractivity contribution in [3.05, 3.63) is 172 Å². The first-order chi connectivity index (χ1) is 56.6. The summed E-state index contributed by atoms with van der Waals surface area (Å²) >= 11 is 4.05. The van der Waals surface area contributed by atoms with Gasteiger partial charge in [0.25, 0.3) is 0 Å². The Morgan fingerprint density at radius 3 is 1.08 bits per heavy atom. The van der Waals surface area contributed by atoms with Crippen LogP contribution in [-0.4, -0.2) is 317 Å². The molecule has 24 atom stereocenters. The third-order valence-electron chi connectivity index (χ3n) is 21.9. The quantitative estimate of drug-likeness (QED) is 0.0418. The Morgan fingerprint density at radius 1 is 0.467 bits per heavy atom. The predicted octanol–water partition coefficient (Wildman–Crippen LogP) is 0.329. The molecule has 0 aromatic rings. The van der Waals surface area contributed by atoms with Crippen LogP contribution in [-0.2, 0) is 33.2 Å². The number of alkyl halides is 6. The Kier molecular flexibility index (Phi) is 32.2. The Hall–Kier alpha value is -8.81. The summed E-state index contributed by atoms with van der Waals surface area (Å²) < 4.78 is 125. The summed E-state index contributed by atoms with van der Waals surface area (Å²) in [6.45, 7) is 32.1. The number of amidine groups is 6. The Balaban J connectivity index is 0.000000179. The summed E-state index contributed by atoms with van der Waals surface area (Å²) in [7, 11) is 0. The van der Waals surface area contributed by atoms with Crippen LogP contribution < -0.4 is 34.4 Å². The number of nitrogens with two attached hydrogens (primary N) is 6. The second kappa shape index (κ2) is 40.0. The van der Waals surface area contributed by atoms with Gasteiger partial charge in [-0.1, -0.05) is 98.7 Å². The molecule has 43 heteroatoms. The van der Waals surface area contributed by atoms with Gasteiger partial charge in [-0.2, -0.15) is 12.6 Å². The van der Waals surface area contributed by atoms with Gasteiger partial charge in [0.05, 0.1) is 46.2 Å². The summed E-state index contributed by atoms with van der Waals surface area (Å²) in [4.78, 5) is 31.8. The average molecular weight is 1720 g/mol. The fraction of sp³-hybridized carbons (Fsp3) is 0.558. The number of fused-ring (bicyclic) bond motifs is 1. The molecule has 13 aliphatic rings. The molecule has 0 saturated carbocycles. The summed E-state index contributed by atoms with van der Waals surface area (Å²) in [6.07, 6.45) is -0.364. The van der Waals surface area contributed by atoms with E-state index in [1.807, 2.05) is 13.8 Å². The Labute approximate surface area is 695 Å². The molecule has 666 valence electrons. The predicted molar refractivity (Wildman–Crippen MR) is 435 cm³/mol. The third kappa shape index (κ3) is 19.3. The fourth-order valence-corrected chi connectivity index (χ4v) is 14.9. The number of thiol groups is 1. The van der Waals surface area contributed by atoms with E-state index in [-0.39, 0.29) is 83.8 Å². The molecule has 0 aromatic heterocycles. The molecule has 0 aliphatic carbocycles. The van der Waals surface area contributed by atoms with Crippen molar-refractivity contribution in [3.8, 4) is 0 Å². The van der Waals surface area contributed by atoms with Gasteiger partial charge in [0.15, 0.2) is 74.4 Å².